The smallest absolute Gasteiger partial charge is 0.417 e. The molecule has 0 saturated carbocycles. The maximum atomic E-state index is 12.1. The molecule has 0 bridgehead atoms. The lowest BCUT2D eigenvalue weighted by Gasteiger charge is -2.06. The summed E-state index contributed by atoms with van der Waals surface area (Å²) < 4.78 is 5.66. The van der Waals surface area contributed by atoms with E-state index in [-0.39, 0.29) is 27.5 Å². The van der Waals surface area contributed by atoms with Crippen LogP contribution in [0.2, 0.25) is 5.15 Å². The highest BCUT2D eigenvalue weighted by Crippen LogP contribution is 2.29. The zero-order valence-electron chi connectivity index (χ0n) is 12.3. The fourth-order valence-electron chi connectivity index (χ4n) is 2.24. The molecule has 126 valence electrons. The van der Waals surface area contributed by atoms with Crippen LogP contribution in [-0.4, -0.2) is 37.8 Å². The molecule has 3 aromatic rings. The molecular weight excluding hydrogens is 352 g/mol. The van der Waals surface area contributed by atoms with E-state index in [2.05, 4.69) is 4.98 Å². The fraction of sp³-hybridized carbons (Fsp3) is 0. The number of rotatable bonds is 3. The standard InChI is InChI=1S/C16H9ClN2O6/c17-12-11(25-15(22)8-4-2-1-3-5-8)7-9-6-10(14(20)21)19(16(23)24)13(9)18-12/h1-7H,(H,20,21)(H,23,24). The molecule has 0 spiro atoms. The number of pyridine rings is 1. The lowest BCUT2D eigenvalue weighted by molar-refractivity contribution is 0.0683. The van der Waals surface area contributed by atoms with E-state index in [1.54, 1.807) is 30.3 Å². The van der Waals surface area contributed by atoms with E-state index in [0.717, 1.165) is 6.07 Å². The van der Waals surface area contributed by atoms with Crippen LogP contribution in [0, 0.1) is 0 Å². The van der Waals surface area contributed by atoms with E-state index in [1.165, 1.54) is 6.07 Å². The maximum Gasteiger partial charge on any atom is 0.417 e. The van der Waals surface area contributed by atoms with Crippen LogP contribution in [-0.2, 0) is 0 Å². The second-order valence-corrected chi connectivity index (χ2v) is 5.26. The maximum absolute atomic E-state index is 12.1. The molecule has 0 unspecified atom stereocenters. The molecular formula is C16H9ClN2O6. The topological polar surface area (TPSA) is 119 Å². The Labute approximate surface area is 144 Å². The third-order valence-electron chi connectivity index (χ3n) is 3.32. The van der Waals surface area contributed by atoms with Gasteiger partial charge in [-0.2, -0.15) is 0 Å². The highest BCUT2D eigenvalue weighted by Gasteiger charge is 2.22. The van der Waals surface area contributed by atoms with Crippen LogP contribution in [0.15, 0.2) is 42.5 Å². The number of aromatic nitrogens is 2. The van der Waals surface area contributed by atoms with Crippen molar-refractivity contribution in [3.8, 4) is 5.75 Å². The molecule has 0 saturated heterocycles. The molecule has 1 aromatic carbocycles. The molecule has 0 atom stereocenters. The Bertz CT molecular complexity index is 1010. The number of halogens is 1. The molecule has 0 fully saturated rings. The van der Waals surface area contributed by atoms with Crippen molar-refractivity contribution in [2.24, 2.45) is 0 Å². The van der Waals surface area contributed by atoms with Gasteiger partial charge in [0.05, 0.1) is 5.56 Å². The summed E-state index contributed by atoms with van der Waals surface area (Å²) in [4.78, 5) is 38.4. The molecule has 0 radical (unpaired) electrons. The van der Waals surface area contributed by atoms with Crippen molar-refractivity contribution < 1.29 is 29.3 Å². The number of fused-ring (bicyclic) bond motifs is 1. The average Bonchev–Trinajstić information content (AvgIpc) is 2.94. The van der Waals surface area contributed by atoms with Crippen molar-refractivity contribution in [2.75, 3.05) is 0 Å². The second kappa shape index (κ2) is 6.25. The molecule has 2 aromatic heterocycles. The molecule has 9 heteroatoms. The normalized spacial score (nSPS) is 10.6. The molecule has 2 heterocycles. The van der Waals surface area contributed by atoms with Crippen molar-refractivity contribution in [1.82, 2.24) is 9.55 Å². The third kappa shape index (κ3) is 3.02. The summed E-state index contributed by atoms with van der Waals surface area (Å²) in [6.45, 7) is 0. The van der Waals surface area contributed by atoms with Gasteiger partial charge < -0.3 is 14.9 Å². The van der Waals surface area contributed by atoms with Crippen molar-refractivity contribution >= 4 is 40.7 Å². The van der Waals surface area contributed by atoms with Crippen LogP contribution < -0.4 is 4.74 Å². The van der Waals surface area contributed by atoms with Crippen LogP contribution >= 0.6 is 11.6 Å². The van der Waals surface area contributed by atoms with Crippen LogP contribution in [0.1, 0.15) is 20.8 Å². The number of aromatic carboxylic acids is 1. The van der Waals surface area contributed by atoms with Gasteiger partial charge in [-0.3, -0.25) is 0 Å². The number of carbonyl (C=O) groups excluding carboxylic acids is 1. The number of hydrogen-bond donors (Lipinski definition) is 2. The highest BCUT2D eigenvalue weighted by atomic mass is 35.5. The van der Waals surface area contributed by atoms with E-state index in [4.69, 9.17) is 21.4 Å². The van der Waals surface area contributed by atoms with Gasteiger partial charge in [0.1, 0.15) is 5.69 Å². The summed E-state index contributed by atoms with van der Waals surface area (Å²) in [6.07, 6.45) is -1.52. The SMILES string of the molecule is O=C(Oc1cc2cc(C(=O)O)n(C(=O)O)c2nc1Cl)c1ccccc1. The van der Waals surface area contributed by atoms with Gasteiger partial charge in [-0.25, -0.2) is 23.9 Å². The van der Waals surface area contributed by atoms with Crippen molar-refractivity contribution in [3.05, 3.63) is 58.9 Å². The monoisotopic (exact) mass is 360 g/mol. The summed E-state index contributed by atoms with van der Waals surface area (Å²) in [5, 5.41) is 18.2. The van der Waals surface area contributed by atoms with Gasteiger partial charge in [0, 0.05) is 5.39 Å². The van der Waals surface area contributed by atoms with Gasteiger partial charge in [-0.15, -0.1) is 0 Å². The van der Waals surface area contributed by atoms with Crippen LogP contribution in [0.5, 0.6) is 5.75 Å². The van der Waals surface area contributed by atoms with Crippen molar-refractivity contribution in [2.45, 2.75) is 0 Å². The van der Waals surface area contributed by atoms with Gasteiger partial charge >= 0.3 is 18.0 Å². The number of carbonyl (C=O) groups is 3. The van der Waals surface area contributed by atoms with Crippen LogP contribution in [0.4, 0.5) is 4.79 Å². The van der Waals surface area contributed by atoms with E-state index < -0.39 is 23.7 Å². The van der Waals surface area contributed by atoms with Gasteiger partial charge in [0.2, 0.25) is 0 Å². The average molecular weight is 361 g/mol. The predicted octanol–water partition coefficient (Wildman–Crippen LogP) is 3.13. The fourth-order valence-corrected chi connectivity index (χ4v) is 2.42. The largest absolute Gasteiger partial charge is 0.477 e. The first-order valence-corrected chi connectivity index (χ1v) is 7.22. The quantitative estimate of drug-likeness (QED) is 0.544. The number of nitrogens with zero attached hydrogens (tertiary/aromatic N) is 2. The summed E-state index contributed by atoms with van der Waals surface area (Å²) in [7, 11) is 0. The summed E-state index contributed by atoms with van der Waals surface area (Å²) in [5.41, 5.74) is -0.389. The van der Waals surface area contributed by atoms with E-state index >= 15 is 0 Å². The lowest BCUT2D eigenvalue weighted by Crippen LogP contribution is -2.15. The van der Waals surface area contributed by atoms with E-state index in [0.29, 0.717) is 4.57 Å². The molecule has 25 heavy (non-hydrogen) atoms. The molecule has 2 N–H and O–H groups in total. The van der Waals surface area contributed by atoms with Crippen molar-refractivity contribution in [1.29, 1.82) is 0 Å². The Hall–Kier alpha value is -3.39. The van der Waals surface area contributed by atoms with Gasteiger partial charge in [0.15, 0.2) is 16.5 Å². The molecule has 3 rings (SSSR count). The molecule has 0 aliphatic carbocycles. The number of carboxylic acid groups (broad SMARTS) is 2. The molecule has 0 aliphatic rings. The number of esters is 1. The van der Waals surface area contributed by atoms with Crippen LogP contribution in [0.3, 0.4) is 0 Å². The first-order valence-electron chi connectivity index (χ1n) is 6.84. The minimum Gasteiger partial charge on any atom is -0.477 e. The minimum absolute atomic E-state index is 0.109. The Morgan fingerprint density at radius 2 is 1.76 bits per heavy atom. The summed E-state index contributed by atoms with van der Waals surface area (Å²) in [6, 6.07) is 10.5. The Morgan fingerprint density at radius 3 is 2.36 bits per heavy atom. The molecule has 0 aliphatic heterocycles. The Morgan fingerprint density at radius 1 is 1.08 bits per heavy atom. The predicted molar refractivity (Wildman–Crippen MR) is 86.5 cm³/mol. The zero-order valence-corrected chi connectivity index (χ0v) is 13.1. The van der Waals surface area contributed by atoms with Gasteiger partial charge in [0.25, 0.3) is 0 Å². The third-order valence-corrected chi connectivity index (χ3v) is 3.59. The molecule has 0 amide bonds. The van der Waals surface area contributed by atoms with E-state index in [1.807, 2.05) is 0 Å². The van der Waals surface area contributed by atoms with Crippen LogP contribution in [0.25, 0.3) is 11.0 Å². The number of hydrogen-bond acceptors (Lipinski definition) is 5. The molecule has 8 nitrogen and oxygen atoms in total. The Kier molecular flexibility index (Phi) is 4.12. The van der Waals surface area contributed by atoms with Gasteiger partial charge in [-0.05, 0) is 24.3 Å². The number of ether oxygens (including phenoxy) is 1. The zero-order chi connectivity index (χ0) is 18.1. The first-order chi connectivity index (χ1) is 11.9. The highest BCUT2D eigenvalue weighted by molar-refractivity contribution is 6.31. The van der Waals surface area contributed by atoms with Crippen molar-refractivity contribution in [3.63, 3.8) is 0 Å². The Balaban J connectivity index is 2.07. The first kappa shape index (κ1) is 16.5. The number of carboxylic acids is 1. The van der Waals surface area contributed by atoms with Gasteiger partial charge in [-0.1, -0.05) is 29.8 Å². The lowest BCUT2D eigenvalue weighted by atomic mass is 10.2. The summed E-state index contributed by atoms with van der Waals surface area (Å²) >= 11 is 5.96. The summed E-state index contributed by atoms with van der Waals surface area (Å²) in [5.74, 6) is -2.23. The van der Waals surface area contributed by atoms with E-state index in [9.17, 15) is 19.5 Å². The number of benzene rings is 1. The second-order valence-electron chi connectivity index (χ2n) is 4.90. The minimum atomic E-state index is -1.52.